The lowest BCUT2D eigenvalue weighted by molar-refractivity contribution is 0.590. The Hall–Kier alpha value is -1.13. The molecule has 0 aliphatic carbocycles. The van der Waals surface area contributed by atoms with Crippen LogP contribution in [0.15, 0.2) is 17.6 Å². The molecular weight excluding hydrogens is 266 g/mol. The van der Waals surface area contributed by atoms with Gasteiger partial charge in [0.15, 0.2) is 5.13 Å². The average molecular weight is 282 g/mol. The monoisotopic (exact) mass is 281 g/mol. The van der Waals surface area contributed by atoms with Gasteiger partial charge in [-0.15, -0.1) is 11.3 Å². The highest BCUT2D eigenvalue weighted by atomic mass is 35.5. The van der Waals surface area contributed by atoms with E-state index in [1.807, 2.05) is 18.4 Å². The van der Waals surface area contributed by atoms with Crippen LogP contribution in [-0.2, 0) is 5.41 Å². The molecule has 0 unspecified atom stereocenters. The molecular formula is C13H16ClN3S. The summed E-state index contributed by atoms with van der Waals surface area (Å²) in [4.78, 5) is 8.64. The topological polar surface area (TPSA) is 37.8 Å². The number of thiazole rings is 1. The molecule has 3 nitrogen and oxygen atoms in total. The summed E-state index contributed by atoms with van der Waals surface area (Å²) in [7, 11) is 0. The Morgan fingerprint density at radius 3 is 2.61 bits per heavy atom. The van der Waals surface area contributed by atoms with E-state index in [1.54, 1.807) is 17.5 Å². The molecule has 18 heavy (non-hydrogen) atoms. The zero-order valence-corrected chi connectivity index (χ0v) is 12.5. The summed E-state index contributed by atoms with van der Waals surface area (Å²) < 4.78 is 0. The van der Waals surface area contributed by atoms with Crippen molar-refractivity contribution >= 4 is 33.9 Å². The first kappa shape index (κ1) is 13.3. The van der Waals surface area contributed by atoms with Gasteiger partial charge in [-0.1, -0.05) is 32.4 Å². The van der Waals surface area contributed by atoms with Crippen molar-refractivity contribution in [3.63, 3.8) is 0 Å². The van der Waals surface area contributed by atoms with E-state index >= 15 is 0 Å². The lowest BCUT2D eigenvalue weighted by Crippen LogP contribution is -2.12. The van der Waals surface area contributed by atoms with E-state index in [1.165, 1.54) is 0 Å². The van der Waals surface area contributed by atoms with E-state index in [9.17, 15) is 0 Å². The molecule has 0 saturated carbocycles. The predicted octanol–water partition coefficient (Wildman–Crippen LogP) is 4.54. The summed E-state index contributed by atoms with van der Waals surface area (Å²) in [6, 6.07) is 1.99. The first-order valence-corrected chi connectivity index (χ1v) is 6.97. The highest BCUT2D eigenvalue weighted by molar-refractivity contribution is 7.13. The molecule has 0 spiro atoms. The van der Waals surface area contributed by atoms with Gasteiger partial charge >= 0.3 is 0 Å². The van der Waals surface area contributed by atoms with Gasteiger partial charge in [-0.3, -0.25) is 0 Å². The molecule has 0 amide bonds. The Labute approximate surface area is 116 Å². The third-order valence-corrected chi connectivity index (χ3v) is 3.69. The second-order valence-electron chi connectivity index (χ2n) is 5.22. The van der Waals surface area contributed by atoms with Gasteiger partial charge in [-0.05, 0) is 24.0 Å². The number of hydrogen-bond acceptors (Lipinski definition) is 4. The largest absolute Gasteiger partial charge is 0.316 e. The van der Waals surface area contributed by atoms with E-state index in [4.69, 9.17) is 11.6 Å². The number of hydrogen-bond donors (Lipinski definition) is 1. The number of nitrogens with zero attached hydrogens (tertiary/aromatic N) is 2. The Kier molecular flexibility index (Phi) is 3.59. The first-order chi connectivity index (χ1) is 8.36. The molecule has 0 saturated heterocycles. The van der Waals surface area contributed by atoms with Crippen LogP contribution in [0.3, 0.4) is 0 Å². The Bertz CT molecular complexity index is 558. The minimum absolute atomic E-state index is 0.00471. The van der Waals surface area contributed by atoms with Gasteiger partial charge in [0.2, 0.25) is 0 Å². The maximum absolute atomic E-state index is 6.18. The standard InChI is InChI=1S/C13H16ClN3S/c1-8-7-18-12(16-8)17-11-5-9(13(2,3)4)10(14)6-15-11/h5-7H,1-4H3,(H,15,16,17). The molecule has 0 atom stereocenters. The lowest BCUT2D eigenvalue weighted by Gasteiger charge is -2.21. The van der Waals surface area contributed by atoms with Crippen molar-refractivity contribution in [1.82, 2.24) is 9.97 Å². The molecule has 0 aromatic carbocycles. The van der Waals surface area contributed by atoms with Crippen LogP contribution in [0, 0.1) is 6.92 Å². The van der Waals surface area contributed by atoms with E-state index in [2.05, 4.69) is 36.1 Å². The summed E-state index contributed by atoms with van der Waals surface area (Å²) in [6.07, 6.45) is 1.69. The van der Waals surface area contributed by atoms with Crippen LogP contribution >= 0.6 is 22.9 Å². The molecule has 0 aliphatic heterocycles. The van der Waals surface area contributed by atoms with Crippen LogP contribution in [0.5, 0.6) is 0 Å². The molecule has 5 heteroatoms. The summed E-state index contributed by atoms with van der Waals surface area (Å²) in [6.45, 7) is 8.36. The van der Waals surface area contributed by atoms with Crippen molar-refractivity contribution in [1.29, 1.82) is 0 Å². The second-order valence-corrected chi connectivity index (χ2v) is 6.48. The molecule has 1 N–H and O–H groups in total. The van der Waals surface area contributed by atoms with Crippen LogP contribution in [0.1, 0.15) is 32.0 Å². The fourth-order valence-electron chi connectivity index (χ4n) is 1.60. The number of nitrogens with one attached hydrogen (secondary N) is 1. The Morgan fingerprint density at radius 1 is 1.33 bits per heavy atom. The fourth-order valence-corrected chi connectivity index (χ4v) is 2.68. The van der Waals surface area contributed by atoms with E-state index in [0.29, 0.717) is 5.02 Å². The maximum atomic E-state index is 6.18. The summed E-state index contributed by atoms with van der Waals surface area (Å²) in [5.41, 5.74) is 2.08. The minimum atomic E-state index is -0.00471. The second kappa shape index (κ2) is 4.86. The average Bonchev–Trinajstić information content (AvgIpc) is 2.65. The van der Waals surface area contributed by atoms with Crippen molar-refractivity contribution in [2.45, 2.75) is 33.1 Å². The van der Waals surface area contributed by atoms with Gasteiger partial charge in [-0.2, -0.15) is 0 Å². The molecule has 2 rings (SSSR count). The van der Waals surface area contributed by atoms with Crippen molar-refractivity contribution in [2.24, 2.45) is 0 Å². The van der Waals surface area contributed by atoms with Gasteiger partial charge in [0.1, 0.15) is 5.82 Å². The quantitative estimate of drug-likeness (QED) is 0.878. The van der Waals surface area contributed by atoms with Crippen LogP contribution in [0.2, 0.25) is 5.02 Å². The summed E-state index contributed by atoms with van der Waals surface area (Å²) in [5, 5.41) is 6.75. The zero-order valence-electron chi connectivity index (χ0n) is 10.9. The van der Waals surface area contributed by atoms with Gasteiger partial charge in [0.05, 0.1) is 10.7 Å². The van der Waals surface area contributed by atoms with Crippen molar-refractivity contribution in [2.75, 3.05) is 5.32 Å². The zero-order chi connectivity index (χ0) is 13.3. The number of halogens is 1. The van der Waals surface area contributed by atoms with Crippen LogP contribution in [-0.4, -0.2) is 9.97 Å². The number of anilines is 2. The van der Waals surface area contributed by atoms with Crippen LogP contribution in [0.25, 0.3) is 0 Å². The lowest BCUT2D eigenvalue weighted by atomic mass is 9.87. The van der Waals surface area contributed by atoms with Crippen molar-refractivity contribution < 1.29 is 0 Å². The first-order valence-electron chi connectivity index (χ1n) is 5.71. The highest BCUT2D eigenvalue weighted by Crippen LogP contribution is 2.31. The number of aromatic nitrogens is 2. The van der Waals surface area contributed by atoms with E-state index in [-0.39, 0.29) is 5.41 Å². The van der Waals surface area contributed by atoms with Gasteiger partial charge < -0.3 is 5.32 Å². The van der Waals surface area contributed by atoms with Gasteiger partial charge in [0.25, 0.3) is 0 Å². The summed E-state index contributed by atoms with van der Waals surface area (Å²) >= 11 is 7.75. The van der Waals surface area contributed by atoms with Crippen molar-refractivity contribution in [3.05, 3.63) is 33.9 Å². The summed E-state index contributed by atoms with van der Waals surface area (Å²) in [5.74, 6) is 0.777. The number of pyridine rings is 1. The Morgan fingerprint density at radius 2 is 2.06 bits per heavy atom. The maximum Gasteiger partial charge on any atom is 0.188 e. The third kappa shape index (κ3) is 3.00. The SMILES string of the molecule is Cc1csc(Nc2cc(C(C)(C)C)c(Cl)cn2)n1. The van der Waals surface area contributed by atoms with Crippen LogP contribution in [0.4, 0.5) is 10.9 Å². The molecule has 2 aromatic rings. The van der Waals surface area contributed by atoms with Gasteiger partial charge in [-0.25, -0.2) is 9.97 Å². The molecule has 0 aliphatic rings. The number of rotatable bonds is 2. The third-order valence-electron chi connectivity index (χ3n) is 2.52. The number of aryl methyl sites for hydroxylation is 1. The van der Waals surface area contributed by atoms with Crippen molar-refractivity contribution in [3.8, 4) is 0 Å². The fraction of sp³-hybridized carbons (Fsp3) is 0.385. The van der Waals surface area contributed by atoms with E-state index in [0.717, 1.165) is 22.2 Å². The van der Waals surface area contributed by atoms with Gasteiger partial charge in [0, 0.05) is 11.6 Å². The smallest absolute Gasteiger partial charge is 0.188 e. The Balaban J connectivity index is 2.30. The molecule has 96 valence electrons. The molecule has 0 radical (unpaired) electrons. The molecule has 0 fully saturated rings. The normalized spacial score (nSPS) is 11.6. The minimum Gasteiger partial charge on any atom is -0.316 e. The molecule has 2 aromatic heterocycles. The highest BCUT2D eigenvalue weighted by Gasteiger charge is 2.18. The molecule has 0 bridgehead atoms. The van der Waals surface area contributed by atoms with E-state index < -0.39 is 0 Å². The van der Waals surface area contributed by atoms with Crippen LogP contribution < -0.4 is 5.32 Å². The molecule has 2 heterocycles. The predicted molar refractivity (Wildman–Crippen MR) is 78.1 cm³/mol.